The normalized spacial score (nSPS) is 14.8. The first-order chi connectivity index (χ1) is 10.3. The number of ether oxygens (including phenoxy) is 3. The third-order valence-corrected chi connectivity index (χ3v) is 3.82. The van der Waals surface area contributed by atoms with Gasteiger partial charge in [-0.25, -0.2) is 0 Å². The van der Waals surface area contributed by atoms with E-state index in [2.05, 4.69) is 0 Å². The van der Waals surface area contributed by atoms with E-state index in [1.165, 1.54) is 6.92 Å². The van der Waals surface area contributed by atoms with Crippen LogP contribution in [0.25, 0.3) is 0 Å². The number of aliphatic carboxylic acids is 1. The smallest absolute Gasteiger partial charge is 0.323 e. The molecule has 0 bridgehead atoms. The second kappa shape index (κ2) is 7.35. The van der Waals surface area contributed by atoms with Gasteiger partial charge in [-0.3, -0.25) is 4.79 Å². The highest BCUT2D eigenvalue weighted by molar-refractivity contribution is 5.78. The van der Waals surface area contributed by atoms with E-state index in [1.807, 2.05) is 6.92 Å². The number of carbonyl (C=O) groups is 1. The van der Waals surface area contributed by atoms with Crippen molar-refractivity contribution in [3.63, 3.8) is 0 Å². The summed E-state index contributed by atoms with van der Waals surface area (Å²) in [7, 11) is 4.67. The number of benzene rings is 1. The minimum absolute atomic E-state index is 0.133. The minimum atomic E-state index is -1.33. The van der Waals surface area contributed by atoms with Crippen molar-refractivity contribution in [2.75, 3.05) is 21.3 Å². The van der Waals surface area contributed by atoms with Crippen molar-refractivity contribution in [1.29, 1.82) is 0 Å². The summed E-state index contributed by atoms with van der Waals surface area (Å²) in [6, 6.07) is 3.54. The van der Waals surface area contributed by atoms with Crippen LogP contribution in [0.2, 0.25) is 0 Å². The van der Waals surface area contributed by atoms with Crippen LogP contribution in [0.1, 0.15) is 38.2 Å². The molecule has 0 heterocycles. The summed E-state index contributed by atoms with van der Waals surface area (Å²) in [6.07, 6.45) is 0.957. The molecule has 1 aromatic carbocycles. The second-order valence-corrected chi connectivity index (χ2v) is 5.45. The van der Waals surface area contributed by atoms with E-state index < -0.39 is 11.5 Å². The van der Waals surface area contributed by atoms with Gasteiger partial charge in [0.15, 0.2) is 11.5 Å². The second-order valence-electron chi connectivity index (χ2n) is 5.45. The topological polar surface area (TPSA) is 91.0 Å². The maximum Gasteiger partial charge on any atom is 0.323 e. The van der Waals surface area contributed by atoms with Crippen molar-refractivity contribution in [2.45, 2.75) is 38.1 Å². The molecular formula is C16H25NO5. The fourth-order valence-corrected chi connectivity index (χ4v) is 2.55. The molecule has 22 heavy (non-hydrogen) atoms. The van der Waals surface area contributed by atoms with Crippen LogP contribution in [0.3, 0.4) is 0 Å². The fraction of sp³-hybridized carbons (Fsp3) is 0.562. The zero-order chi connectivity index (χ0) is 16.9. The summed E-state index contributed by atoms with van der Waals surface area (Å²) in [4.78, 5) is 11.3. The van der Waals surface area contributed by atoms with Crippen LogP contribution >= 0.6 is 0 Å². The maximum absolute atomic E-state index is 11.3. The van der Waals surface area contributed by atoms with Gasteiger partial charge >= 0.3 is 5.97 Å². The monoisotopic (exact) mass is 311 g/mol. The van der Waals surface area contributed by atoms with Crippen LogP contribution in [0.15, 0.2) is 12.1 Å². The number of carboxylic acid groups (broad SMARTS) is 1. The van der Waals surface area contributed by atoms with Gasteiger partial charge in [0, 0.05) is 5.56 Å². The highest BCUT2D eigenvalue weighted by atomic mass is 16.5. The largest absolute Gasteiger partial charge is 0.496 e. The third-order valence-electron chi connectivity index (χ3n) is 3.82. The number of hydrogen-bond acceptors (Lipinski definition) is 5. The molecule has 0 saturated carbocycles. The van der Waals surface area contributed by atoms with E-state index in [9.17, 15) is 9.90 Å². The molecule has 1 aromatic rings. The van der Waals surface area contributed by atoms with Crippen molar-refractivity contribution < 1.29 is 24.1 Å². The Morgan fingerprint density at radius 2 is 1.77 bits per heavy atom. The molecule has 6 heteroatoms. The number of methoxy groups -OCH3 is 3. The van der Waals surface area contributed by atoms with Crippen LogP contribution in [-0.4, -0.2) is 37.9 Å². The summed E-state index contributed by atoms with van der Waals surface area (Å²) >= 11 is 0. The Bertz CT molecular complexity index is 528. The molecule has 0 saturated heterocycles. The average molecular weight is 311 g/mol. The molecule has 0 aromatic heterocycles. The van der Waals surface area contributed by atoms with Gasteiger partial charge in [-0.05, 0) is 37.8 Å². The lowest BCUT2D eigenvalue weighted by atomic mass is 9.83. The first-order valence-corrected chi connectivity index (χ1v) is 7.13. The Hall–Kier alpha value is -1.95. The Balaban J connectivity index is 3.39. The van der Waals surface area contributed by atoms with Crippen molar-refractivity contribution in [1.82, 2.24) is 0 Å². The molecule has 0 aliphatic rings. The summed E-state index contributed by atoms with van der Waals surface area (Å²) in [5, 5.41) is 9.27. The van der Waals surface area contributed by atoms with Gasteiger partial charge in [0.2, 0.25) is 0 Å². The van der Waals surface area contributed by atoms with E-state index in [1.54, 1.807) is 33.5 Å². The third kappa shape index (κ3) is 3.62. The van der Waals surface area contributed by atoms with E-state index in [4.69, 9.17) is 19.9 Å². The van der Waals surface area contributed by atoms with Gasteiger partial charge in [0.1, 0.15) is 11.3 Å². The molecule has 124 valence electrons. The van der Waals surface area contributed by atoms with Gasteiger partial charge < -0.3 is 25.1 Å². The summed E-state index contributed by atoms with van der Waals surface area (Å²) in [6.45, 7) is 3.48. The molecule has 0 spiro atoms. The molecule has 2 unspecified atom stereocenters. The standard InChI is InChI=1S/C16H25NO5/c1-6-10(9-16(2,17)15(18)19)13-11(20-3)7-8-12(21-4)14(13)22-5/h7-8,10H,6,9,17H2,1-5H3,(H,18,19). The van der Waals surface area contributed by atoms with E-state index >= 15 is 0 Å². The zero-order valence-corrected chi connectivity index (χ0v) is 13.8. The molecule has 1 rings (SSSR count). The van der Waals surface area contributed by atoms with E-state index in [0.29, 0.717) is 23.7 Å². The van der Waals surface area contributed by atoms with Gasteiger partial charge in [0.05, 0.1) is 21.3 Å². The van der Waals surface area contributed by atoms with Gasteiger partial charge in [-0.1, -0.05) is 6.92 Å². The molecule has 0 fully saturated rings. The molecule has 2 atom stereocenters. The molecule has 0 amide bonds. The highest BCUT2D eigenvalue weighted by Crippen LogP contribution is 2.45. The lowest BCUT2D eigenvalue weighted by Crippen LogP contribution is -2.46. The summed E-state index contributed by atoms with van der Waals surface area (Å²) < 4.78 is 16.2. The summed E-state index contributed by atoms with van der Waals surface area (Å²) in [5.74, 6) is 0.587. The Morgan fingerprint density at radius 1 is 1.23 bits per heavy atom. The summed E-state index contributed by atoms with van der Waals surface area (Å²) in [5.41, 5.74) is 5.36. The number of hydrogen-bond donors (Lipinski definition) is 2. The van der Waals surface area contributed by atoms with Crippen LogP contribution in [0.4, 0.5) is 0 Å². The fourth-order valence-electron chi connectivity index (χ4n) is 2.55. The number of nitrogens with two attached hydrogens (primary N) is 1. The SMILES string of the molecule is CCC(CC(C)(N)C(=O)O)c1c(OC)ccc(OC)c1OC. The average Bonchev–Trinajstić information content (AvgIpc) is 2.50. The number of carboxylic acids is 1. The molecule has 0 radical (unpaired) electrons. The van der Waals surface area contributed by atoms with E-state index in [-0.39, 0.29) is 12.3 Å². The van der Waals surface area contributed by atoms with Crippen molar-refractivity contribution in [3.05, 3.63) is 17.7 Å². The quantitative estimate of drug-likeness (QED) is 0.766. The zero-order valence-electron chi connectivity index (χ0n) is 13.8. The molecule has 0 aliphatic carbocycles. The van der Waals surface area contributed by atoms with Gasteiger partial charge in [0.25, 0.3) is 0 Å². The lowest BCUT2D eigenvalue weighted by Gasteiger charge is -2.28. The van der Waals surface area contributed by atoms with Gasteiger partial charge in [-0.15, -0.1) is 0 Å². The molecular weight excluding hydrogens is 286 g/mol. The molecule has 0 aliphatic heterocycles. The molecule has 6 nitrogen and oxygen atoms in total. The van der Waals surface area contributed by atoms with Crippen LogP contribution in [0.5, 0.6) is 17.2 Å². The predicted octanol–water partition coefficient (Wildman–Crippen LogP) is 2.40. The Morgan fingerprint density at radius 3 is 2.18 bits per heavy atom. The van der Waals surface area contributed by atoms with Crippen molar-refractivity contribution in [3.8, 4) is 17.2 Å². The number of rotatable bonds is 8. The maximum atomic E-state index is 11.3. The Labute approximate surface area is 131 Å². The van der Waals surface area contributed by atoms with Crippen LogP contribution < -0.4 is 19.9 Å². The van der Waals surface area contributed by atoms with Crippen molar-refractivity contribution >= 4 is 5.97 Å². The first kappa shape index (κ1) is 18.1. The molecule has 3 N–H and O–H groups in total. The van der Waals surface area contributed by atoms with Gasteiger partial charge in [-0.2, -0.15) is 0 Å². The minimum Gasteiger partial charge on any atom is -0.496 e. The predicted molar refractivity (Wildman–Crippen MR) is 84.0 cm³/mol. The highest BCUT2D eigenvalue weighted by Gasteiger charge is 2.34. The first-order valence-electron chi connectivity index (χ1n) is 7.13. The lowest BCUT2D eigenvalue weighted by molar-refractivity contribution is -0.143. The van der Waals surface area contributed by atoms with E-state index in [0.717, 1.165) is 5.56 Å². The van der Waals surface area contributed by atoms with Crippen molar-refractivity contribution in [2.24, 2.45) is 5.73 Å². The Kier molecular flexibility index (Phi) is 6.05. The van der Waals surface area contributed by atoms with Crippen LogP contribution in [0, 0.1) is 0 Å². The van der Waals surface area contributed by atoms with Crippen LogP contribution in [-0.2, 0) is 4.79 Å².